The normalized spacial score (nSPS) is 19.1. The molecule has 1 fully saturated rings. The standard InChI is InChI=1S/C18H31N5O6S/c1-9(2)14(22-15(25)10(19)8-30)16(26)21-11(5-6-13(20)24)17(27)23-7-3-4-12(23)18(28)29/h9-12,14,30H,3-8,19H2,1-2H3,(H2,20,24)(H,21,26)(H,22,25)(H,28,29). The highest BCUT2D eigenvalue weighted by Gasteiger charge is 2.38. The molecule has 4 unspecified atom stereocenters. The molecule has 0 aliphatic carbocycles. The maximum absolute atomic E-state index is 13.0. The van der Waals surface area contributed by atoms with Crippen molar-refractivity contribution in [2.75, 3.05) is 12.3 Å². The molecular weight excluding hydrogens is 414 g/mol. The van der Waals surface area contributed by atoms with E-state index in [4.69, 9.17) is 11.5 Å². The summed E-state index contributed by atoms with van der Waals surface area (Å²) in [5, 5.41) is 14.4. The molecule has 0 bridgehead atoms. The highest BCUT2D eigenvalue weighted by atomic mass is 32.1. The van der Waals surface area contributed by atoms with E-state index in [0.29, 0.717) is 12.8 Å². The van der Waals surface area contributed by atoms with E-state index >= 15 is 0 Å². The SMILES string of the molecule is CC(C)C(NC(=O)C(N)CS)C(=O)NC(CCC(N)=O)C(=O)N1CCCC1C(=O)O. The lowest BCUT2D eigenvalue weighted by Crippen LogP contribution is -2.58. The molecule has 4 amide bonds. The molecule has 0 radical (unpaired) electrons. The Labute approximate surface area is 180 Å². The Balaban J connectivity index is 2.99. The molecule has 0 aromatic heterocycles. The molecule has 170 valence electrons. The maximum Gasteiger partial charge on any atom is 0.326 e. The number of thiol groups is 1. The fourth-order valence-electron chi connectivity index (χ4n) is 3.17. The van der Waals surface area contributed by atoms with Gasteiger partial charge in [0.05, 0.1) is 6.04 Å². The number of hydrogen-bond donors (Lipinski definition) is 6. The van der Waals surface area contributed by atoms with E-state index in [9.17, 15) is 29.1 Å². The predicted molar refractivity (Wildman–Crippen MR) is 111 cm³/mol. The van der Waals surface area contributed by atoms with E-state index in [-0.39, 0.29) is 31.1 Å². The van der Waals surface area contributed by atoms with Gasteiger partial charge in [0.15, 0.2) is 0 Å². The minimum Gasteiger partial charge on any atom is -0.480 e. The lowest BCUT2D eigenvalue weighted by Gasteiger charge is -2.29. The minimum absolute atomic E-state index is 0.0857. The number of primary amides is 1. The number of rotatable bonds is 11. The van der Waals surface area contributed by atoms with Gasteiger partial charge in [0.2, 0.25) is 23.6 Å². The first-order valence-corrected chi connectivity index (χ1v) is 10.4. The molecular formula is C18H31N5O6S. The van der Waals surface area contributed by atoms with Crippen molar-refractivity contribution in [3.63, 3.8) is 0 Å². The van der Waals surface area contributed by atoms with E-state index in [1.165, 1.54) is 4.90 Å². The van der Waals surface area contributed by atoms with Crippen LogP contribution in [0.25, 0.3) is 0 Å². The summed E-state index contributed by atoms with van der Waals surface area (Å²) in [5.74, 6) is -3.84. The third-order valence-electron chi connectivity index (χ3n) is 4.90. The van der Waals surface area contributed by atoms with Crippen molar-refractivity contribution in [3.8, 4) is 0 Å². The van der Waals surface area contributed by atoms with Crippen LogP contribution in [0.2, 0.25) is 0 Å². The minimum atomic E-state index is -1.15. The van der Waals surface area contributed by atoms with Crippen molar-refractivity contribution >= 4 is 42.2 Å². The van der Waals surface area contributed by atoms with E-state index in [0.717, 1.165) is 0 Å². The van der Waals surface area contributed by atoms with Crippen LogP contribution in [0.5, 0.6) is 0 Å². The quantitative estimate of drug-likeness (QED) is 0.203. The molecule has 12 heteroatoms. The Kier molecular flexibility index (Phi) is 10.1. The second-order valence-electron chi connectivity index (χ2n) is 7.61. The van der Waals surface area contributed by atoms with Crippen LogP contribution >= 0.6 is 12.6 Å². The van der Waals surface area contributed by atoms with Crippen LogP contribution in [0.15, 0.2) is 0 Å². The smallest absolute Gasteiger partial charge is 0.326 e. The van der Waals surface area contributed by atoms with Gasteiger partial charge in [0, 0.05) is 18.7 Å². The maximum atomic E-state index is 13.0. The molecule has 1 rings (SSSR count). The number of nitrogens with one attached hydrogen (secondary N) is 2. The molecule has 0 aromatic carbocycles. The summed E-state index contributed by atoms with van der Waals surface area (Å²) in [5.41, 5.74) is 10.8. The zero-order chi connectivity index (χ0) is 23.0. The Morgan fingerprint density at radius 1 is 1.17 bits per heavy atom. The zero-order valence-electron chi connectivity index (χ0n) is 17.2. The number of carbonyl (C=O) groups excluding carboxylic acids is 4. The summed E-state index contributed by atoms with van der Waals surface area (Å²) in [6.45, 7) is 3.65. The molecule has 7 N–H and O–H groups in total. The average Bonchev–Trinajstić information content (AvgIpc) is 3.17. The van der Waals surface area contributed by atoms with E-state index in [1.807, 2.05) is 0 Å². The van der Waals surface area contributed by atoms with Crippen molar-refractivity contribution in [2.24, 2.45) is 17.4 Å². The summed E-state index contributed by atoms with van der Waals surface area (Å²) in [7, 11) is 0. The first kappa shape index (κ1) is 25.7. The largest absolute Gasteiger partial charge is 0.480 e. The molecule has 1 aliphatic heterocycles. The van der Waals surface area contributed by atoms with Crippen molar-refractivity contribution in [2.45, 2.75) is 63.7 Å². The highest BCUT2D eigenvalue weighted by Crippen LogP contribution is 2.20. The number of nitrogens with two attached hydrogens (primary N) is 2. The molecule has 1 heterocycles. The number of hydrogen-bond acceptors (Lipinski definition) is 7. The number of likely N-dealkylation sites (tertiary alicyclic amines) is 1. The van der Waals surface area contributed by atoms with Gasteiger partial charge in [-0.05, 0) is 25.2 Å². The summed E-state index contributed by atoms with van der Waals surface area (Å²) in [6, 6.07) is -4.03. The first-order valence-electron chi connectivity index (χ1n) is 9.78. The van der Waals surface area contributed by atoms with E-state index in [1.54, 1.807) is 13.8 Å². The van der Waals surface area contributed by atoms with Gasteiger partial charge in [-0.2, -0.15) is 12.6 Å². The summed E-state index contributed by atoms with van der Waals surface area (Å²) >= 11 is 3.96. The number of aliphatic carboxylic acids is 1. The number of amides is 4. The van der Waals surface area contributed by atoms with Gasteiger partial charge in [0.1, 0.15) is 18.1 Å². The lowest BCUT2D eigenvalue weighted by atomic mass is 10.0. The topological polar surface area (TPSA) is 185 Å². The molecule has 0 saturated carbocycles. The molecule has 11 nitrogen and oxygen atoms in total. The molecule has 30 heavy (non-hydrogen) atoms. The molecule has 1 aliphatic rings. The van der Waals surface area contributed by atoms with E-state index < -0.39 is 53.8 Å². The van der Waals surface area contributed by atoms with Crippen molar-refractivity contribution < 1.29 is 29.1 Å². The van der Waals surface area contributed by atoms with Crippen LogP contribution in [0.3, 0.4) is 0 Å². The number of carboxylic acids is 1. The summed E-state index contributed by atoms with van der Waals surface area (Å²) in [4.78, 5) is 61.7. The lowest BCUT2D eigenvalue weighted by molar-refractivity contribution is -0.149. The second-order valence-corrected chi connectivity index (χ2v) is 7.98. The Bertz CT molecular complexity index is 673. The van der Waals surface area contributed by atoms with Crippen LogP contribution in [0.1, 0.15) is 39.5 Å². The van der Waals surface area contributed by atoms with Gasteiger partial charge < -0.3 is 32.1 Å². The van der Waals surface area contributed by atoms with Gasteiger partial charge in [-0.25, -0.2) is 4.79 Å². The molecule has 4 atom stereocenters. The number of nitrogens with zero attached hydrogens (tertiary/aromatic N) is 1. The first-order chi connectivity index (χ1) is 14.0. The molecule has 0 spiro atoms. The van der Waals surface area contributed by atoms with Gasteiger partial charge >= 0.3 is 5.97 Å². The van der Waals surface area contributed by atoms with Crippen LogP contribution in [0.4, 0.5) is 0 Å². The highest BCUT2D eigenvalue weighted by molar-refractivity contribution is 7.80. The van der Waals surface area contributed by atoms with Crippen molar-refractivity contribution in [3.05, 3.63) is 0 Å². The van der Waals surface area contributed by atoms with Crippen LogP contribution in [0, 0.1) is 5.92 Å². The van der Waals surface area contributed by atoms with Crippen LogP contribution in [-0.2, 0) is 24.0 Å². The van der Waals surface area contributed by atoms with Gasteiger partial charge in [-0.15, -0.1) is 0 Å². The summed E-state index contributed by atoms with van der Waals surface area (Å²) < 4.78 is 0. The Morgan fingerprint density at radius 2 is 1.80 bits per heavy atom. The Morgan fingerprint density at radius 3 is 2.30 bits per heavy atom. The van der Waals surface area contributed by atoms with Gasteiger partial charge in [-0.1, -0.05) is 13.8 Å². The second kappa shape index (κ2) is 11.7. The van der Waals surface area contributed by atoms with Crippen molar-refractivity contribution in [1.82, 2.24) is 15.5 Å². The predicted octanol–water partition coefficient (Wildman–Crippen LogP) is -1.79. The van der Waals surface area contributed by atoms with Crippen LogP contribution < -0.4 is 22.1 Å². The average molecular weight is 446 g/mol. The molecule has 1 saturated heterocycles. The van der Waals surface area contributed by atoms with E-state index in [2.05, 4.69) is 23.3 Å². The van der Waals surface area contributed by atoms with Gasteiger partial charge in [0.25, 0.3) is 0 Å². The third-order valence-corrected chi connectivity index (χ3v) is 5.29. The third kappa shape index (κ3) is 7.17. The number of carboxylic acid groups (broad SMARTS) is 1. The van der Waals surface area contributed by atoms with Crippen LogP contribution in [-0.4, -0.2) is 76.1 Å². The van der Waals surface area contributed by atoms with Crippen molar-refractivity contribution in [1.29, 1.82) is 0 Å². The molecule has 0 aromatic rings. The Hall–Kier alpha value is -2.34. The summed E-state index contributed by atoms with van der Waals surface area (Å²) in [6.07, 6.45) is 0.568. The fraction of sp³-hybridized carbons (Fsp3) is 0.722. The van der Waals surface area contributed by atoms with Gasteiger partial charge in [-0.3, -0.25) is 19.2 Å². The number of carbonyl (C=O) groups is 5. The zero-order valence-corrected chi connectivity index (χ0v) is 18.1. The monoisotopic (exact) mass is 445 g/mol. The fourth-order valence-corrected chi connectivity index (χ4v) is 3.34.